The molecule has 0 saturated heterocycles. The Hall–Kier alpha value is -3.87. The number of guanidine groups is 1. The summed E-state index contributed by atoms with van der Waals surface area (Å²) in [6, 6.07) is 6.63. The average Bonchev–Trinajstić information content (AvgIpc) is 2.89. The van der Waals surface area contributed by atoms with Crippen LogP contribution in [0.4, 0.5) is 9.59 Å². The van der Waals surface area contributed by atoms with Crippen molar-refractivity contribution in [1.29, 1.82) is 0 Å². The zero-order valence-corrected chi connectivity index (χ0v) is 28.2. The Morgan fingerprint density at radius 1 is 0.933 bits per heavy atom. The van der Waals surface area contributed by atoms with E-state index in [2.05, 4.69) is 40.1 Å². The van der Waals surface area contributed by atoms with E-state index in [0.717, 1.165) is 11.3 Å². The molecule has 13 heteroatoms. The molecule has 0 bridgehead atoms. The van der Waals surface area contributed by atoms with Crippen molar-refractivity contribution >= 4 is 30.0 Å². The van der Waals surface area contributed by atoms with Gasteiger partial charge in [-0.25, -0.2) is 9.59 Å². The zero-order valence-electron chi connectivity index (χ0n) is 28.2. The lowest BCUT2D eigenvalue weighted by Crippen LogP contribution is -2.48. The summed E-state index contributed by atoms with van der Waals surface area (Å²) in [4.78, 5) is 52.9. The minimum atomic E-state index is -0.967. The van der Waals surface area contributed by atoms with E-state index in [0.29, 0.717) is 31.8 Å². The predicted molar refractivity (Wildman–Crippen MR) is 172 cm³/mol. The number of amides is 3. The summed E-state index contributed by atoms with van der Waals surface area (Å²) >= 11 is 0. The largest absolute Gasteiger partial charge is 0.493 e. The Balaban J connectivity index is 2.85. The summed E-state index contributed by atoms with van der Waals surface area (Å²) in [6.45, 7) is 15.2. The van der Waals surface area contributed by atoms with E-state index < -0.39 is 41.4 Å². The second kappa shape index (κ2) is 18.8. The molecule has 0 radical (unpaired) electrons. The zero-order chi connectivity index (χ0) is 34.2. The van der Waals surface area contributed by atoms with Crippen LogP contribution >= 0.6 is 0 Å². The molecule has 0 spiro atoms. The number of benzene rings is 1. The first-order chi connectivity index (χ1) is 20.9. The van der Waals surface area contributed by atoms with Gasteiger partial charge in [0.1, 0.15) is 17.0 Å². The third kappa shape index (κ3) is 19.2. The van der Waals surface area contributed by atoms with E-state index >= 15 is 0 Å². The Kier molecular flexibility index (Phi) is 16.4. The normalized spacial score (nSPS) is 13.4. The number of alkyl carbamates (subject to hydrolysis) is 1. The summed E-state index contributed by atoms with van der Waals surface area (Å²) in [6.07, 6.45) is -0.281. The van der Waals surface area contributed by atoms with Crippen molar-refractivity contribution in [2.75, 3.05) is 20.2 Å². The van der Waals surface area contributed by atoms with Gasteiger partial charge in [0, 0.05) is 19.0 Å². The van der Waals surface area contributed by atoms with Gasteiger partial charge in [-0.15, -0.1) is 4.99 Å². The van der Waals surface area contributed by atoms with Crippen molar-refractivity contribution < 1.29 is 38.5 Å². The van der Waals surface area contributed by atoms with Crippen molar-refractivity contribution in [2.45, 2.75) is 111 Å². The van der Waals surface area contributed by atoms with Crippen molar-refractivity contribution in [3.63, 3.8) is 0 Å². The Bertz CT molecular complexity index is 1120. The SMILES string of the molecule is CN[C@@H](Cc1ccc(OCC(C)C)cc1)C(=O)N[C@@H](CCCN/C(=N\C(=O)OC(C)(C)C)NC(=O)OC(C)(C)C)CCC(=O)O. The van der Waals surface area contributed by atoms with E-state index in [1.165, 1.54) is 0 Å². The molecule has 0 aromatic heterocycles. The molecule has 0 fully saturated rings. The molecule has 5 N–H and O–H groups in total. The number of aliphatic imine (C=N–C) groups is 1. The fourth-order valence-electron chi connectivity index (χ4n) is 3.88. The molecule has 0 aliphatic heterocycles. The first-order valence-corrected chi connectivity index (χ1v) is 15.3. The highest BCUT2D eigenvalue weighted by atomic mass is 16.6. The molecule has 1 aromatic rings. The maximum atomic E-state index is 13.2. The smallest absolute Gasteiger partial charge is 0.437 e. The van der Waals surface area contributed by atoms with Crippen LogP contribution in [0.2, 0.25) is 0 Å². The van der Waals surface area contributed by atoms with E-state index in [1.54, 1.807) is 48.6 Å². The van der Waals surface area contributed by atoms with Gasteiger partial charge < -0.3 is 35.3 Å². The van der Waals surface area contributed by atoms with Gasteiger partial charge in [-0.3, -0.25) is 14.9 Å². The fourth-order valence-corrected chi connectivity index (χ4v) is 3.88. The summed E-state index contributed by atoms with van der Waals surface area (Å²) in [5.41, 5.74) is -0.612. The van der Waals surface area contributed by atoms with E-state index in [-0.39, 0.29) is 31.3 Å². The molecular weight excluding hydrogens is 582 g/mol. The molecule has 45 heavy (non-hydrogen) atoms. The number of carbonyl (C=O) groups excluding carboxylic acids is 3. The van der Waals surface area contributed by atoms with Crippen molar-refractivity contribution in [3.05, 3.63) is 29.8 Å². The average molecular weight is 636 g/mol. The first kappa shape index (κ1) is 39.2. The number of hydrogen-bond donors (Lipinski definition) is 5. The highest BCUT2D eigenvalue weighted by molar-refractivity contribution is 5.98. The van der Waals surface area contributed by atoms with E-state index in [4.69, 9.17) is 14.2 Å². The molecular formula is C32H53N5O8. The van der Waals surface area contributed by atoms with Gasteiger partial charge >= 0.3 is 18.2 Å². The molecule has 0 aliphatic carbocycles. The molecule has 13 nitrogen and oxygen atoms in total. The fraction of sp³-hybridized carbons (Fsp3) is 0.656. The number of carboxylic acid groups (broad SMARTS) is 1. The molecule has 3 amide bonds. The number of hydrogen-bond acceptors (Lipinski definition) is 8. The van der Waals surface area contributed by atoms with Crippen molar-refractivity contribution in [2.24, 2.45) is 10.9 Å². The van der Waals surface area contributed by atoms with E-state index in [1.807, 2.05) is 24.3 Å². The molecule has 1 aromatic carbocycles. The third-order valence-corrected chi connectivity index (χ3v) is 5.90. The lowest BCUT2D eigenvalue weighted by atomic mass is 10.0. The van der Waals surface area contributed by atoms with Gasteiger partial charge in [-0.1, -0.05) is 26.0 Å². The lowest BCUT2D eigenvalue weighted by Gasteiger charge is -2.23. The number of ether oxygens (including phenoxy) is 3. The van der Waals surface area contributed by atoms with Gasteiger partial charge in [0.2, 0.25) is 11.9 Å². The quantitative estimate of drug-likeness (QED) is 0.106. The number of carbonyl (C=O) groups is 4. The number of likely N-dealkylation sites (N-methyl/N-ethyl adjacent to an activating group) is 1. The van der Waals surface area contributed by atoms with Gasteiger partial charge in [0.25, 0.3) is 0 Å². The van der Waals surface area contributed by atoms with Crippen molar-refractivity contribution in [3.8, 4) is 5.75 Å². The Morgan fingerprint density at radius 2 is 1.56 bits per heavy atom. The monoisotopic (exact) mass is 635 g/mol. The van der Waals surface area contributed by atoms with Gasteiger partial charge in [0.15, 0.2) is 0 Å². The minimum absolute atomic E-state index is 0.119. The summed E-state index contributed by atoms with van der Waals surface area (Å²) in [7, 11) is 1.70. The third-order valence-electron chi connectivity index (χ3n) is 5.90. The van der Waals surface area contributed by atoms with Gasteiger partial charge in [-0.05, 0) is 97.9 Å². The number of rotatable bonds is 15. The molecule has 254 valence electrons. The highest BCUT2D eigenvalue weighted by Gasteiger charge is 2.23. The predicted octanol–water partition coefficient (Wildman–Crippen LogP) is 4.39. The van der Waals surface area contributed by atoms with Crippen LogP contribution in [0.1, 0.15) is 86.6 Å². The van der Waals surface area contributed by atoms with Crippen LogP contribution in [0, 0.1) is 5.92 Å². The Labute approximate surface area is 267 Å². The van der Waals surface area contributed by atoms with Crippen LogP contribution in [-0.4, -0.2) is 78.6 Å². The topological polar surface area (TPSA) is 177 Å². The summed E-state index contributed by atoms with van der Waals surface area (Å²) < 4.78 is 16.2. The highest BCUT2D eigenvalue weighted by Crippen LogP contribution is 2.15. The minimum Gasteiger partial charge on any atom is -0.493 e. The van der Waals surface area contributed by atoms with Gasteiger partial charge in [-0.2, -0.15) is 0 Å². The molecule has 0 unspecified atom stereocenters. The van der Waals surface area contributed by atoms with Crippen LogP contribution in [-0.2, 0) is 25.5 Å². The standard InChI is InChI=1S/C32H53N5O8/c1-21(2)20-43-24-15-12-22(13-16-24)19-25(33-9)27(40)35-23(14-17-26(38)39)11-10-18-34-28(36-29(41)44-31(3,4)5)37-30(42)45-32(6,7)8/h12-13,15-16,21,23,25,33H,10-11,14,17-20H2,1-9H3,(H,35,40)(H,38,39)(H2,34,36,37,41,42)/t23-,25-/m0/s1. The Morgan fingerprint density at radius 3 is 2.09 bits per heavy atom. The summed E-state index contributed by atoms with van der Waals surface area (Å²) in [5.74, 6) is -0.194. The van der Waals surface area contributed by atoms with Crippen LogP contribution in [0.25, 0.3) is 0 Å². The number of nitrogens with zero attached hydrogens (tertiary/aromatic N) is 1. The molecule has 0 heterocycles. The van der Waals surface area contributed by atoms with Crippen LogP contribution in [0.5, 0.6) is 5.75 Å². The number of nitrogens with one attached hydrogen (secondary N) is 4. The van der Waals surface area contributed by atoms with E-state index in [9.17, 15) is 24.3 Å². The molecule has 1 rings (SSSR count). The van der Waals surface area contributed by atoms with Crippen molar-refractivity contribution in [1.82, 2.24) is 21.3 Å². The number of aliphatic carboxylic acids is 1. The summed E-state index contributed by atoms with van der Waals surface area (Å²) in [5, 5.41) is 20.6. The number of carboxylic acids is 1. The second-order valence-corrected chi connectivity index (χ2v) is 13.2. The van der Waals surface area contributed by atoms with Crippen LogP contribution in [0.15, 0.2) is 29.3 Å². The molecule has 0 aliphatic rings. The van der Waals surface area contributed by atoms with Crippen LogP contribution in [0.3, 0.4) is 0 Å². The maximum Gasteiger partial charge on any atom is 0.437 e. The maximum absolute atomic E-state index is 13.2. The van der Waals surface area contributed by atoms with Gasteiger partial charge in [0.05, 0.1) is 12.6 Å². The molecule has 0 saturated carbocycles. The molecule has 2 atom stereocenters. The first-order valence-electron chi connectivity index (χ1n) is 15.3. The van der Waals surface area contributed by atoms with Crippen LogP contribution < -0.4 is 26.0 Å². The lowest BCUT2D eigenvalue weighted by molar-refractivity contribution is -0.137. The second-order valence-electron chi connectivity index (χ2n) is 13.2.